The van der Waals surface area contributed by atoms with Crippen LogP contribution >= 0.6 is 34.8 Å². The van der Waals surface area contributed by atoms with E-state index in [1.807, 2.05) is 6.07 Å². The average Bonchev–Trinajstić information content (AvgIpc) is 2.57. The fraction of sp³-hybridized carbons (Fsp3) is 0.0625. The summed E-state index contributed by atoms with van der Waals surface area (Å²) in [6.07, 6.45) is 1.53. The summed E-state index contributed by atoms with van der Waals surface area (Å²) in [6.45, 7) is 0. The molecule has 0 unspecified atom stereocenters. The standard InChI is InChI=1S/C16H14IN3O3S/c1-22-13-8-10(9-19-20-16(18)24)7-12(17)14(13)23-15(21)11-5-3-2-4-6-11/h2-9H,1H3,(H3,18,20,24). The molecule has 124 valence electrons. The van der Waals surface area contributed by atoms with Gasteiger partial charge >= 0.3 is 5.97 Å². The van der Waals surface area contributed by atoms with E-state index >= 15 is 0 Å². The topological polar surface area (TPSA) is 85.9 Å². The lowest BCUT2D eigenvalue weighted by molar-refractivity contribution is 0.0728. The Bertz CT molecular complexity index is 782. The first-order chi connectivity index (χ1) is 11.5. The molecule has 0 aliphatic carbocycles. The van der Waals surface area contributed by atoms with Crippen molar-refractivity contribution in [1.82, 2.24) is 5.43 Å². The lowest BCUT2D eigenvalue weighted by atomic mass is 10.2. The molecule has 0 amide bonds. The number of hydrogen-bond donors (Lipinski definition) is 2. The maximum Gasteiger partial charge on any atom is 0.343 e. The minimum absolute atomic E-state index is 0.0707. The summed E-state index contributed by atoms with van der Waals surface area (Å²) in [5.74, 6) is 0.317. The largest absolute Gasteiger partial charge is 0.493 e. The summed E-state index contributed by atoms with van der Waals surface area (Å²) in [5.41, 5.74) is 8.96. The van der Waals surface area contributed by atoms with Gasteiger partial charge in [0.15, 0.2) is 16.6 Å². The number of methoxy groups -OCH3 is 1. The van der Waals surface area contributed by atoms with Crippen LogP contribution in [0.15, 0.2) is 47.6 Å². The Balaban J connectivity index is 2.25. The first-order valence-corrected chi connectivity index (χ1v) is 8.23. The van der Waals surface area contributed by atoms with Crippen LogP contribution in [-0.2, 0) is 0 Å². The number of carbonyl (C=O) groups is 1. The third kappa shape index (κ3) is 4.90. The number of carbonyl (C=O) groups excluding carboxylic acids is 1. The molecule has 0 heterocycles. The van der Waals surface area contributed by atoms with E-state index in [-0.39, 0.29) is 5.11 Å². The molecule has 24 heavy (non-hydrogen) atoms. The summed E-state index contributed by atoms with van der Waals surface area (Å²) in [5, 5.41) is 3.96. The lowest BCUT2D eigenvalue weighted by Gasteiger charge is -2.12. The van der Waals surface area contributed by atoms with Crippen LogP contribution in [0.1, 0.15) is 15.9 Å². The summed E-state index contributed by atoms with van der Waals surface area (Å²) >= 11 is 6.73. The number of hydrazone groups is 1. The van der Waals surface area contributed by atoms with Gasteiger partial charge in [-0.1, -0.05) is 18.2 Å². The Labute approximate surface area is 158 Å². The average molecular weight is 455 g/mol. The predicted octanol–water partition coefficient (Wildman–Crippen LogP) is 2.69. The van der Waals surface area contributed by atoms with Crippen molar-refractivity contribution in [2.75, 3.05) is 7.11 Å². The highest BCUT2D eigenvalue weighted by Crippen LogP contribution is 2.34. The van der Waals surface area contributed by atoms with Crippen molar-refractivity contribution in [2.24, 2.45) is 10.8 Å². The zero-order valence-corrected chi connectivity index (χ0v) is 15.6. The molecular formula is C16H14IN3O3S. The van der Waals surface area contributed by atoms with Crippen LogP contribution in [0.25, 0.3) is 0 Å². The maximum absolute atomic E-state index is 12.2. The molecule has 2 aromatic rings. The molecule has 0 saturated carbocycles. The second-order valence-corrected chi connectivity index (χ2v) is 6.13. The molecule has 3 N–H and O–H groups in total. The van der Waals surface area contributed by atoms with Crippen LogP contribution < -0.4 is 20.6 Å². The first kappa shape index (κ1) is 18.1. The summed E-state index contributed by atoms with van der Waals surface area (Å²) < 4.78 is 11.5. The highest BCUT2D eigenvalue weighted by Gasteiger charge is 2.16. The summed E-state index contributed by atoms with van der Waals surface area (Å²) in [4.78, 5) is 12.2. The Kier molecular flexibility index (Phi) is 6.50. The zero-order valence-electron chi connectivity index (χ0n) is 12.7. The van der Waals surface area contributed by atoms with Gasteiger partial charge in [-0.3, -0.25) is 5.43 Å². The van der Waals surface area contributed by atoms with Crippen molar-refractivity contribution in [2.45, 2.75) is 0 Å². The van der Waals surface area contributed by atoms with E-state index in [4.69, 9.17) is 15.2 Å². The van der Waals surface area contributed by atoms with Gasteiger partial charge in [0.05, 0.1) is 22.5 Å². The van der Waals surface area contributed by atoms with Gasteiger partial charge in [0.25, 0.3) is 0 Å². The Morgan fingerprint density at radius 3 is 2.67 bits per heavy atom. The predicted molar refractivity (Wildman–Crippen MR) is 105 cm³/mol. The number of nitrogens with two attached hydrogens (primary N) is 1. The van der Waals surface area contributed by atoms with Gasteiger partial charge in [-0.25, -0.2) is 4.79 Å². The van der Waals surface area contributed by atoms with Crippen LogP contribution in [0.2, 0.25) is 0 Å². The number of rotatable bonds is 5. The SMILES string of the molecule is COc1cc(C=NNC(N)=S)cc(I)c1OC(=O)c1ccccc1. The van der Waals surface area contributed by atoms with Crippen molar-refractivity contribution in [3.8, 4) is 11.5 Å². The van der Waals surface area contributed by atoms with Crippen LogP contribution in [0.4, 0.5) is 0 Å². The Hall–Kier alpha value is -2.20. The van der Waals surface area contributed by atoms with Gasteiger partial charge in [0.2, 0.25) is 0 Å². The third-order valence-electron chi connectivity index (χ3n) is 2.84. The van der Waals surface area contributed by atoms with Gasteiger partial charge < -0.3 is 15.2 Å². The molecule has 0 saturated heterocycles. The van der Waals surface area contributed by atoms with Gasteiger partial charge in [0, 0.05) is 0 Å². The van der Waals surface area contributed by atoms with Gasteiger partial charge in [-0.2, -0.15) is 5.10 Å². The van der Waals surface area contributed by atoms with E-state index in [1.165, 1.54) is 13.3 Å². The van der Waals surface area contributed by atoms with E-state index in [9.17, 15) is 4.79 Å². The molecule has 0 radical (unpaired) electrons. The van der Waals surface area contributed by atoms with E-state index in [0.29, 0.717) is 20.6 Å². The molecule has 6 nitrogen and oxygen atoms in total. The highest BCUT2D eigenvalue weighted by atomic mass is 127. The van der Waals surface area contributed by atoms with E-state index in [0.717, 1.165) is 5.56 Å². The Morgan fingerprint density at radius 2 is 2.04 bits per heavy atom. The second-order valence-electron chi connectivity index (χ2n) is 4.52. The molecule has 0 aromatic heterocycles. The number of ether oxygens (including phenoxy) is 2. The van der Waals surface area contributed by atoms with E-state index in [1.54, 1.807) is 36.4 Å². The number of hydrogen-bond acceptors (Lipinski definition) is 5. The second kappa shape index (κ2) is 8.60. The van der Waals surface area contributed by atoms with Crippen LogP contribution in [0.3, 0.4) is 0 Å². The molecule has 0 fully saturated rings. The third-order valence-corrected chi connectivity index (χ3v) is 3.74. The summed E-state index contributed by atoms with van der Waals surface area (Å²) in [7, 11) is 1.50. The monoisotopic (exact) mass is 455 g/mol. The summed E-state index contributed by atoms with van der Waals surface area (Å²) in [6, 6.07) is 12.2. The number of thiocarbonyl (C=S) groups is 1. The smallest absolute Gasteiger partial charge is 0.343 e. The number of nitrogens with one attached hydrogen (secondary N) is 1. The molecule has 0 aliphatic heterocycles. The van der Waals surface area contributed by atoms with Crippen molar-refractivity contribution < 1.29 is 14.3 Å². The first-order valence-electron chi connectivity index (χ1n) is 6.74. The van der Waals surface area contributed by atoms with Crippen molar-refractivity contribution >= 4 is 52.1 Å². The number of esters is 1. The minimum Gasteiger partial charge on any atom is -0.493 e. The van der Waals surface area contributed by atoms with Crippen molar-refractivity contribution in [3.63, 3.8) is 0 Å². The van der Waals surface area contributed by atoms with Crippen molar-refractivity contribution in [3.05, 3.63) is 57.2 Å². The van der Waals surface area contributed by atoms with E-state index in [2.05, 4.69) is 45.3 Å². The van der Waals surface area contributed by atoms with Gasteiger partial charge in [-0.05, 0) is 64.6 Å². The van der Waals surface area contributed by atoms with Crippen LogP contribution in [0.5, 0.6) is 11.5 Å². The molecular weight excluding hydrogens is 441 g/mol. The number of halogens is 1. The Morgan fingerprint density at radius 1 is 1.33 bits per heavy atom. The molecule has 8 heteroatoms. The van der Waals surface area contributed by atoms with E-state index < -0.39 is 5.97 Å². The highest BCUT2D eigenvalue weighted by molar-refractivity contribution is 14.1. The minimum atomic E-state index is -0.455. The number of nitrogens with zero attached hydrogens (tertiary/aromatic N) is 1. The zero-order chi connectivity index (χ0) is 17.5. The molecule has 0 bridgehead atoms. The van der Waals surface area contributed by atoms with Gasteiger partial charge in [-0.15, -0.1) is 0 Å². The fourth-order valence-corrected chi connectivity index (χ4v) is 2.60. The molecule has 0 atom stereocenters. The van der Waals surface area contributed by atoms with Crippen LogP contribution in [-0.4, -0.2) is 24.4 Å². The molecule has 0 spiro atoms. The quantitative estimate of drug-likeness (QED) is 0.180. The lowest BCUT2D eigenvalue weighted by Crippen LogP contribution is -2.24. The molecule has 0 aliphatic rings. The fourth-order valence-electron chi connectivity index (χ4n) is 1.81. The molecule has 2 aromatic carbocycles. The number of benzene rings is 2. The normalized spacial score (nSPS) is 10.4. The van der Waals surface area contributed by atoms with Crippen molar-refractivity contribution in [1.29, 1.82) is 0 Å². The van der Waals surface area contributed by atoms with Crippen LogP contribution in [0, 0.1) is 3.57 Å². The molecule has 2 rings (SSSR count). The van der Waals surface area contributed by atoms with Gasteiger partial charge in [0.1, 0.15) is 0 Å². The maximum atomic E-state index is 12.2.